The third-order valence-corrected chi connectivity index (χ3v) is 5.32. The molecule has 1 saturated heterocycles. The Kier molecular flexibility index (Phi) is 5.89. The Morgan fingerprint density at radius 3 is 2.68 bits per heavy atom. The van der Waals surface area contributed by atoms with Gasteiger partial charge in [0.15, 0.2) is 0 Å². The van der Waals surface area contributed by atoms with Crippen LogP contribution in [0.1, 0.15) is 54.6 Å². The van der Waals surface area contributed by atoms with E-state index in [0.29, 0.717) is 23.4 Å². The predicted octanol–water partition coefficient (Wildman–Crippen LogP) is 2.56. The molecule has 2 atom stereocenters. The van der Waals surface area contributed by atoms with Crippen molar-refractivity contribution in [2.24, 2.45) is 0 Å². The molecule has 6 nitrogen and oxygen atoms in total. The smallest absolute Gasteiger partial charge is 0.255 e. The van der Waals surface area contributed by atoms with Crippen LogP contribution in [-0.2, 0) is 5.41 Å². The number of benzene rings is 1. The Morgan fingerprint density at radius 2 is 2.00 bits per heavy atom. The largest absolute Gasteiger partial charge is 0.496 e. The van der Waals surface area contributed by atoms with Gasteiger partial charge in [0.25, 0.3) is 11.5 Å². The lowest BCUT2D eigenvalue weighted by Crippen LogP contribution is -2.49. The zero-order valence-electron chi connectivity index (χ0n) is 17.0. The summed E-state index contributed by atoms with van der Waals surface area (Å²) in [6.07, 6.45) is 2.38. The van der Waals surface area contributed by atoms with Crippen molar-refractivity contribution < 1.29 is 9.53 Å². The van der Waals surface area contributed by atoms with Crippen LogP contribution in [0.25, 0.3) is 0 Å². The Balaban J connectivity index is 1.89. The van der Waals surface area contributed by atoms with Crippen molar-refractivity contribution in [1.29, 1.82) is 0 Å². The lowest BCUT2D eigenvalue weighted by Gasteiger charge is -2.33. The summed E-state index contributed by atoms with van der Waals surface area (Å²) in [4.78, 5) is 28.1. The number of methoxy groups -OCH3 is 1. The summed E-state index contributed by atoms with van der Waals surface area (Å²) < 4.78 is 5.62. The van der Waals surface area contributed by atoms with Crippen LogP contribution in [0, 0.1) is 0 Å². The number of hydrogen-bond acceptors (Lipinski definition) is 4. The molecule has 0 radical (unpaired) electrons. The van der Waals surface area contributed by atoms with Crippen molar-refractivity contribution in [3.8, 4) is 5.75 Å². The zero-order chi connectivity index (χ0) is 20.3. The van der Waals surface area contributed by atoms with Gasteiger partial charge in [-0.2, -0.15) is 0 Å². The monoisotopic (exact) mass is 383 g/mol. The molecule has 1 aromatic heterocycles. The maximum atomic E-state index is 13.1. The standard InChI is InChI=1S/C22H29N3O3/c1-22(2,3)17-9-5-7-15(19(17)28-4)21(27)25-18-10-12-23-13-16(18)14-8-6-11-24-20(14)26/h5-9,11,16,18,23H,10,12-13H2,1-4H3,(H,24,26)(H,25,27). The van der Waals surface area contributed by atoms with E-state index < -0.39 is 0 Å². The van der Waals surface area contributed by atoms with Crippen LogP contribution in [0.15, 0.2) is 41.3 Å². The van der Waals surface area contributed by atoms with E-state index in [0.717, 1.165) is 18.5 Å². The number of carbonyl (C=O) groups excluding carboxylic acids is 1. The predicted molar refractivity (Wildman–Crippen MR) is 110 cm³/mol. The van der Waals surface area contributed by atoms with E-state index in [9.17, 15) is 9.59 Å². The topological polar surface area (TPSA) is 83.2 Å². The number of aromatic amines is 1. The molecule has 0 bridgehead atoms. The summed E-state index contributed by atoms with van der Waals surface area (Å²) >= 11 is 0. The molecule has 2 unspecified atom stereocenters. The van der Waals surface area contributed by atoms with E-state index in [1.807, 2.05) is 24.3 Å². The number of hydrogen-bond donors (Lipinski definition) is 3. The number of amides is 1. The molecule has 3 rings (SSSR count). The van der Waals surface area contributed by atoms with Gasteiger partial charge in [0.1, 0.15) is 5.75 Å². The SMILES string of the molecule is COc1c(C(=O)NC2CCNCC2c2ccc[nH]c2=O)cccc1C(C)(C)C. The van der Waals surface area contributed by atoms with Crippen molar-refractivity contribution in [1.82, 2.24) is 15.6 Å². The highest BCUT2D eigenvalue weighted by molar-refractivity contribution is 5.97. The molecule has 2 heterocycles. The molecule has 3 N–H and O–H groups in total. The van der Waals surface area contributed by atoms with Crippen LogP contribution in [0.5, 0.6) is 5.75 Å². The summed E-state index contributed by atoms with van der Waals surface area (Å²) in [6.45, 7) is 7.73. The normalized spacial score (nSPS) is 19.9. The third kappa shape index (κ3) is 4.12. The molecule has 0 saturated carbocycles. The van der Waals surface area contributed by atoms with Gasteiger partial charge in [-0.25, -0.2) is 0 Å². The van der Waals surface area contributed by atoms with E-state index in [2.05, 4.69) is 36.4 Å². The third-order valence-electron chi connectivity index (χ3n) is 5.32. The first-order valence-corrected chi connectivity index (χ1v) is 9.69. The Hall–Kier alpha value is -2.60. The van der Waals surface area contributed by atoms with Crippen molar-refractivity contribution in [2.75, 3.05) is 20.2 Å². The number of ether oxygens (including phenoxy) is 1. The number of carbonyl (C=O) groups is 1. The summed E-state index contributed by atoms with van der Waals surface area (Å²) in [5.74, 6) is 0.349. The van der Waals surface area contributed by atoms with E-state index in [-0.39, 0.29) is 28.8 Å². The van der Waals surface area contributed by atoms with Crippen LogP contribution < -0.4 is 20.9 Å². The molecule has 0 aliphatic carbocycles. The van der Waals surface area contributed by atoms with Crippen molar-refractivity contribution in [3.05, 3.63) is 63.6 Å². The maximum Gasteiger partial charge on any atom is 0.255 e. The molecule has 1 aromatic carbocycles. The molecule has 1 fully saturated rings. The summed E-state index contributed by atoms with van der Waals surface area (Å²) in [5, 5.41) is 6.48. The van der Waals surface area contributed by atoms with Gasteiger partial charge in [-0.3, -0.25) is 9.59 Å². The Labute approximate surface area is 165 Å². The quantitative estimate of drug-likeness (QED) is 0.758. The number of aromatic nitrogens is 1. The molecule has 150 valence electrons. The summed E-state index contributed by atoms with van der Waals surface area (Å²) in [5.41, 5.74) is 1.95. The van der Waals surface area contributed by atoms with Gasteiger partial charge in [-0.1, -0.05) is 39.0 Å². The summed E-state index contributed by atoms with van der Waals surface area (Å²) in [6, 6.07) is 9.19. The lowest BCUT2D eigenvalue weighted by molar-refractivity contribution is 0.0920. The minimum Gasteiger partial charge on any atom is -0.496 e. The average Bonchev–Trinajstić information content (AvgIpc) is 2.67. The van der Waals surface area contributed by atoms with Gasteiger partial charge in [0.05, 0.1) is 12.7 Å². The minimum atomic E-state index is -0.174. The van der Waals surface area contributed by atoms with E-state index >= 15 is 0 Å². The maximum absolute atomic E-state index is 13.1. The van der Waals surface area contributed by atoms with Crippen LogP contribution in [0.2, 0.25) is 0 Å². The average molecular weight is 383 g/mol. The molecule has 6 heteroatoms. The Morgan fingerprint density at radius 1 is 1.21 bits per heavy atom. The lowest BCUT2D eigenvalue weighted by atomic mass is 9.84. The highest BCUT2D eigenvalue weighted by atomic mass is 16.5. The number of H-pyrrole nitrogens is 1. The number of para-hydroxylation sites is 1. The first kappa shape index (κ1) is 20.1. The fourth-order valence-corrected chi connectivity index (χ4v) is 3.86. The summed E-state index contributed by atoms with van der Waals surface area (Å²) in [7, 11) is 1.60. The van der Waals surface area contributed by atoms with Crippen molar-refractivity contribution in [3.63, 3.8) is 0 Å². The van der Waals surface area contributed by atoms with Gasteiger partial charge >= 0.3 is 0 Å². The minimum absolute atomic E-state index is 0.0838. The zero-order valence-corrected chi connectivity index (χ0v) is 17.0. The fraction of sp³-hybridized carbons (Fsp3) is 0.455. The molecule has 0 spiro atoms. The second kappa shape index (κ2) is 8.19. The molecule has 1 amide bonds. The van der Waals surface area contributed by atoms with Crippen molar-refractivity contribution >= 4 is 5.91 Å². The van der Waals surface area contributed by atoms with E-state index in [1.165, 1.54) is 0 Å². The molecular formula is C22H29N3O3. The first-order valence-electron chi connectivity index (χ1n) is 9.69. The van der Waals surface area contributed by atoms with Crippen LogP contribution in [0.3, 0.4) is 0 Å². The van der Waals surface area contributed by atoms with E-state index in [4.69, 9.17) is 4.74 Å². The van der Waals surface area contributed by atoms with Crippen LogP contribution >= 0.6 is 0 Å². The molecule has 28 heavy (non-hydrogen) atoms. The molecule has 2 aromatic rings. The van der Waals surface area contributed by atoms with E-state index in [1.54, 1.807) is 19.4 Å². The Bertz CT molecular complexity index is 898. The first-order chi connectivity index (χ1) is 13.3. The highest BCUT2D eigenvalue weighted by Gasteiger charge is 2.31. The molecule has 1 aliphatic rings. The molecule has 1 aliphatic heterocycles. The number of pyridine rings is 1. The molecular weight excluding hydrogens is 354 g/mol. The van der Waals surface area contributed by atoms with Gasteiger partial charge in [0.2, 0.25) is 0 Å². The number of rotatable bonds is 4. The van der Waals surface area contributed by atoms with Crippen LogP contribution in [0.4, 0.5) is 0 Å². The van der Waals surface area contributed by atoms with Gasteiger partial charge in [-0.15, -0.1) is 0 Å². The highest BCUT2D eigenvalue weighted by Crippen LogP contribution is 2.34. The van der Waals surface area contributed by atoms with Crippen molar-refractivity contribution in [2.45, 2.75) is 44.6 Å². The van der Waals surface area contributed by atoms with Crippen LogP contribution in [-0.4, -0.2) is 37.1 Å². The fourth-order valence-electron chi connectivity index (χ4n) is 3.86. The van der Waals surface area contributed by atoms with Gasteiger partial charge in [0, 0.05) is 35.8 Å². The number of piperidine rings is 1. The van der Waals surface area contributed by atoms with Gasteiger partial charge in [-0.05, 0) is 30.5 Å². The number of nitrogens with one attached hydrogen (secondary N) is 3. The van der Waals surface area contributed by atoms with Gasteiger partial charge < -0.3 is 20.4 Å². The second-order valence-electron chi connectivity index (χ2n) is 8.27. The second-order valence-corrected chi connectivity index (χ2v) is 8.27.